The van der Waals surface area contributed by atoms with Crippen LogP contribution in [0.25, 0.3) is 0 Å². The van der Waals surface area contributed by atoms with E-state index < -0.39 is 0 Å². The van der Waals surface area contributed by atoms with Crippen LogP contribution >= 0.6 is 0 Å². The SMILES string of the molecule is CC(=O)c1cc(C=O)cc(CN(C)C)c1. The summed E-state index contributed by atoms with van der Waals surface area (Å²) in [6.07, 6.45) is 0.769. The number of ketones is 1. The van der Waals surface area contributed by atoms with Crippen molar-refractivity contribution >= 4 is 12.1 Å². The third-order valence-electron chi connectivity index (χ3n) is 2.06. The number of rotatable bonds is 4. The minimum absolute atomic E-state index is 0.0151. The number of Topliss-reactive ketones (excluding diaryl/α,β-unsaturated/α-hetero) is 1. The second-order valence-electron chi connectivity index (χ2n) is 3.88. The summed E-state index contributed by atoms with van der Waals surface area (Å²) in [5, 5.41) is 0. The van der Waals surface area contributed by atoms with E-state index in [-0.39, 0.29) is 5.78 Å². The Kier molecular flexibility index (Phi) is 3.74. The molecule has 0 aromatic heterocycles. The lowest BCUT2D eigenvalue weighted by Crippen LogP contribution is -2.11. The van der Waals surface area contributed by atoms with Crippen molar-refractivity contribution in [1.82, 2.24) is 4.90 Å². The average molecular weight is 205 g/mol. The fourth-order valence-electron chi connectivity index (χ4n) is 1.45. The Bertz CT molecular complexity index is 383. The third kappa shape index (κ3) is 3.29. The Hall–Kier alpha value is -1.48. The van der Waals surface area contributed by atoms with E-state index in [9.17, 15) is 9.59 Å². The number of nitrogens with zero attached hydrogens (tertiary/aromatic N) is 1. The second-order valence-corrected chi connectivity index (χ2v) is 3.88. The summed E-state index contributed by atoms with van der Waals surface area (Å²) < 4.78 is 0. The van der Waals surface area contributed by atoms with Gasteiger partial charge in [0.1, 0.15) is 6.29 Å². The molecule has 0 atom stereocenters. The molecule has 15 heavy (non-hydrogen) atoms. The van der Waals surface area contributed by atoms with Gasteiger partial charge >= 0.3 is 0 Å². The standard InChI is InChI=1S/C12H15NO2/c1-9(15)12-5-10(7-13(2)3)4-11(6-12)8-14/h4-6,8H,7H2,1-3H3. The molecule has 3 nitrogen and oxygen atoms in total. The molecule has 80 valence electrons. The summed E-state index contributed by atoms with van der Waals surface area (Å²) in [6.45, 7) is 2.23. The van der Waals surface area contributed by atoms with Crippen molar-refractivity contribution in [3.8, 4) is 0 Å². The lowest BCUT2D eigenvalue weighted by Gasteiger charge is -2.11. The van der Waals surface area contributed by atoms with Crippen molar-refractivity contribution < 1.29 is 9.59 Å². The normalized spacial score (nSPS) is 10.4. The van der Waals surface area contributed by atoms with Crippen molar-refractivity contribution in [3.63, 3.8) is 0 Å². The summed E-state index contributed by atoms with van der Waals surface area (Å²) in [5.41, 5.74) is 2.13. The molecule has 0 spiro atoms. The summed E-state index contributed by atoms with van der Waals surface area (Å²) >= 11 is 0. The molecule has 0 unspecified atom stereocenters. The molecule has 0 aliphatic carbocycles. The zero-order chi connectivity index (χ0) is 11.4. The number of carbonyl (C=O) groups excluding carboxylic acids is 2. The van der Waals surface area contributed by atoms with E-state index in [1.807, 2.05) is 25.1 Å². The first-order valence-corrected chi connectivity index (χ1v) is 4.77. The zero-order valence-corrected chi connectivity index (χ0v) is 9.28. The monoisotopic (exact) mass is 205 g/mol. The molecule has 0 saturated heterocycles. The summed E-state index contributed by atoms with van der Waals surface area (Å²) in [7, 11) is 3.89. The number of carbonyl (C=O) groups is 2. The Labute approximate surface area is 89.7 Å². The van der Waals surface area contributed by atoms with Gasteiger partial charge in [0.2, 0.25) is 0 Å². The number of hydrogen-bond donors (Lipinski definition) is 0. The van der Waals surface area contributed by atoms with Crippen molar-refractivity contribution in [1.29, 1.82) is 0 Å². The van der Waals surface area contributed by atoms with E-state index >= 15 is 0 Å². The fraction of sp³-hybridized carbons (Fsp3) is 0.333. The molecule has 0 amide bonds. The number of aldehydes is 1. The summed E-state index contributed by atoms with van der Waals surface area (Å²) in [5.74, 6) is -0.0151. The van der Waals surface area contributed by atoms with Gasteiger partial charge in [-0.1, -0.05) is 0 Å². The van der Waals surface area contributed by atoms with Crippen molar-refractivity contribution in [2.75, 3.05) is 14.1 Å². The van der Waals surface area contributed by atoms with E-state index in [0.29, 0.717) is 11.1 Å². The quantitative estimate of drug-likeness (QED) is 0.555. The van der Waals surface area contributed by atoms with Crippen molar-refractivity contribution in [2.45, 2.75) is 13.5 Å². The third-order valence-corrected chi connectivity index (χ3v) is 2.06. The molecule has 0 bridgehead atoms. The zero-order valence-electron chi connectivity index (χ0n) is 9.28. The predicted molar refractivity (Wildman–Crippen MR) is 59.2 cm³/mol. The molecule has 0 radical (unpaired) electrons. The molecule has 3 heteroatoms. The van der Waals surface area contributed by atoms with Crippen LogP contribution in [0.3, 0.4) is 0 Å². The van der Waals surface area contributed by atoms with Gasteiger partial charge in [0.25, 0.3) is 0 Å². The van der Waals surface area contributed by atoms with Gasteiger partial charge in [-0.05, 0) is 44.8 Å². The number of hydrogen-bond acceptors (Lipinski definition) is 3. The first kappa shape index (κ1) is 11.6. The van der Waals surface area contributed by atoms with Crippen LogP contribution in [-0.4, -0.2) is 31.1 Å². The molecular formula is C12H15NO2. The van der Waals surface area contributed by atoms with E-state index in [1.165, 1.54) is 6.92 Å². The Morgan fingerprint density at radius 1 is 1.33 bits per heavy atom. The van der Waals surface area contributed by atoms with E-state index in [2.05, 4.69) is 0 Å². The van der Waals surface area contributed by atoms with Crippen LogP contribution in [0.1, 0.15) is 33.2 Å². The van der Waals surface area contributed by atoms with Gasteiger partial charge in [0, 0.05) is 17.7 Å². The first-order valence-electron chi connectivity index (χ1n) is 4.77. The Morgan fingerprint density at radius 2 is 2.00 bits per heavy atom. The van der Waals surface area contributed by atoms with Gasteiger partial charge in [-0.3, -0.25) is 9.59 Å². The van der Waals surface area contributed by atoms with Crippen LogP contribution in [0.5, 0.6) is 0 Å². The highest BCUT2D eigenvalue weighted by molar-refractivity contribution is 5.95. The number of benzene rings is 1. The van der Waals surface area contributed by atoms with Crippen LogP contribution in [0, 0.1) is 0 Å². The highest BCUT2D eigenvalue weighted by atomic mass is 16.1. The minimum Gasteiger partial charge on any atom is -0.305 e. The van der Waals surface area contributed by atoms with Crippen LogP contribution in [-0.2, 0) is 6.54 Å². The molecule has 1 aromatic carbocycles. The maximum absolute atomic E-state index is 11.2. The van der Waals surface area contributed by atoms with Gasteiger partial charge in [0.05, 0.1) is 0 Å². The highest BCUT2D eigenvalue weighted by Gasteiger charge is 2.05. The average Bonchev–Trinajstić information content (AvgIpc) is 2.16. The highest BCUT2D eigenvalue weighted by Crippen LogP contribution is 2.11. The van der Waals surface area contributed by atoms with Gasteiger partial charge in [0.15, 0.2) is 5.78 Å². The molecule has 0 heterocycles. The molecule has 1 rings (SSSR count). The Balaban J connectivity index is 3.11. The fourth-order valence-corrected chi connectivity index (χ4v) is 1.45. The Morgan fingerprint density at radius 3 is 2.47 bits per heavy atom. The second kappa shape index (κ2) is 4.84. The molecule has 0 N–H and O–H groups in total. The van der Waals surface area contributed by atoms with Crippen LogP contribution in [0.4, 0.5) is 0 Å². The van der Waals surface area contributed by atoms with Crippen molar-refractivity contribution in [2.24, 2.45) is 0 Å². The molecule has 0 aliphatic heterocycles. The lowest BCUT2D eigenvalue weighted by molar-refractivity contribution is 0.101. The first-order chi connectivity index (χ1) is 7.02. The molecule has 1 aromatic rings. The molecule has 0 saturated carbocycles. The van der Waals surface area contributed by atoms with Crippen molar-refractivity contribution in [3.05, 3.63) is 34.9 Å². The van der Waals surface area contributed by atoms with Crippen LogP contribution < -0.4 is 0 Å². The van der Waals surface area contributed by atoms with Crippen LogP contribution in [0.15, 0.2) is 18.2 Å². The topological polar surface area (TPSA) is 37.4 Å². The smallest absolute Gasteiger partial charge is 0.159 e. The van der Waals surface area contributed by atoms with Gasteiger partial charge in [-0.2, -0.15) is 0 Å². The summed E-state index contributed by atoms with van der Waals surface area (Å²) in [4.78, 5) is 23.9. The minimum atomic E-state index is -0.0151. The van der Waals surface area contributed by atoms with Gasteiger partial charge in [-0.25, -0.2) is 0 Å². The maximum atomic E-state index is 11.2. The van der Waals surface area contributed by atoms with E-state index in [4.69, 9.17) is 0 Å². The van der Waals surface area contributed by atoms with E-state index in [0.717, 1.165) is 18.4 Å². The molecule has 0 fully saturated rings. The van der Waals surface area contributed by atoms with E-state index in [1.54, 1.807) is 12.1 Å². The van der Waals surface area contributed by atoms with Gasteiger partial charge in [-0.15, -0.1) is 0 Å². The maximum Gasteiger partial charge on any atom is 0.159 e. The molecule has 0 aliphatic rings. The largest absolute Gasteiger partial charge is 0.305 e. The predicted octanol–water partition coefficient (Wildman–Crippen LogP) is 1.76. The summed E-state index contributed by atoms with van der Waals surface area (Å²) in [6, 6.07) is 5.25. The lowest BCUT2D eigenvalue weighted by atomic mass is 10.0. The van der Waals surface area contributed by atoms with Crippen LogP contribution in [0.2, 0.25) is 0 Å². The molecular weight excluding hydrogens is 190 g/mol. The van der Waals surface area contributed by atoms with Gasteiger partial charge < -0.3 is 4.90 Å².